The number of benzene rings is 2. The van der Waals surface area contributed by atoms with E-state index in [0.717, 1.165) is 38.2 Å². The molecule has 2 aromatic carbocycles. The van der Waals surface area contributed by atoms with Crippen molar-refractivity contribution in [1.29, 1.82) is 0 Å². The number of hydrogen-bond acceptors (Lipinski definition) is 3. The minimum Gasteiger partial charge on any atom is -0.344 e. The SMILES string of the molecule is C[C@H](CN1CCN(C)C(=O)[C@@H](Cc2ccccc2-c2ccncc2)C1)c1ccccc1. The molecule has 4 heteroatoms. The van der Waals surface area contributed by atoms with Gasteiger partial charge in [-0.3, -0.25) is 9.78 Å². The van der Waals surface area contributed by atoms with E-state index >= 15 is 0 Å². The monoisotopic (exact) mass is 413 g/mol. The maximum atomic E-state index is 13.2. The molecule has 1 aromatic heterocycles. The van der Waals surface area contributed by atoms with E-state index in [1.54, 1.807) is 0 Å². The van der Waals surface area contributed by atoms with Gasteiger partial charge >= 0.3 is 0 Å². The van der Waals surface area contributed by atoms with Gasteiger partial charge in [0.15, 0.2) is 0 Å². The molecule has 1 saturated heterocycles. The number of carbonyl (C=O) groups is 1. The van der Waals surface area contributed by atoms with E-state index < -0.39 is 0 Å². The van der Waals surface area contributed by atoms with Crippen molar-refractivity contribution in [2.24, 2.45) is 5.92 Å². The van der Waals surface area contributed by atoms with Crippen molar-refractivity contribution >= 4 is 5.91 Å². The second-order valence-electron chi connectivity index (χ2n) is 8.63. The maximum absolute atomic E-state index is 13.2. The van der Waals surface area contributed by atoms with Gasteiger partial charge in [-0.25, -0.2) is 0 Å². The molecule has 0 saturated carbocycles. The third kappa shape index (κ3) is 5.20. The lowest BCUT2D eigenvalue weighted by molar-refractivity contribution is -0.133. The third-order valence-corrected chi connectivity index (χ3v) is 6.33. The average Bonchev–Trinajstić information content (AvgIpc) is 2.94. The Morgan fingerprint density at radius 3 is 2.45 bits per heavy atom. The van der Waals surface area contributed by atoms with Crippen LogP contribution in [0, 0.1) is 5.92 Å². The molecule has 1 fully saturated rings. The van der Waals surface area contributed by atoms with Gasteiger partial charge in [0.05, 0.1) is 5.92 Å². The lowest BCUT2D eigenvalue weighted by atomic mass is 9.91. The first-order valence-electron chi connectivity index (χ1n) is 11.1. The summed E-state index contributed by atoms with van der Waals surface area (Å²) < 4.78 is 0. The fraction of sp³-hybridized carbons (Fsp3) is 0.333. The van der Waals surface area contributed by atoms with Crippen molar-refractivity contribution in [1.82, 2.24) is 14.8 Å². The summed E-state index contributed by atoms with van der Waals surface area (Å²) in [7, 11) is 1.94. The zero-order chi connectivity index (χ0) is 21.6. The second-order valence-corrected chi connectivity index (χ2v) is 8.63. The quantitative estimate of drug-likeness (QED) is 0.598. The van der Waals surface area contributed by atoms with Crippen LogP contribution in [-0.2, 0) is 11.2 Å². The van der Waals surface area contributed by atoms with Gasteiger partial charge in [-0.15, -0.1) is 0 Å². The van der Waals surface area contributed by atoms with Crippen LogP contribution in [0.25, 0.3) is 11.1 Å². The molecule has 3 aromatic rings. The molecule has 2 heterocycles. The summed E-state index contributed by atoms with van der Waals surface area (Å²) in [6.07, 6.45) is 4.39. The van der Waals surface area contributed by atoms with Gasteiger partial charge in [0.25, 0.3) is 0 Å². The largest absolute Gasteiger partial charge is 0.344 e. The number of nitrogens with zero attached hydrogens (tertiary/aromatic N) is 3. The van der Waals surface area contributed by atoms with Crippen molar-refractivity contribution in [3.05, 3.63) is 90.3 Å². The van der Waals surface area contributed by atoms with E-state index in [1.165, 1.54) is 16.7 Å². The van der Waals surface area contributed by atoms with Gasteiger partial charge in [-0.2, -0.15) is 0 Å². The van der Waals surface area contributed by atoms with E-state index in [2.05, 4.69) is 71.4 Å². The molecular weight excluding hydrogens is 382 g/mol. The first kappa shape index (κ1) is 21.3. The van der Waals surface area contributed by atoms with Crippen LogP contribution in [0.2, 0.25) is 0 Å². The minimum absolute atomic E-state index is 0.0431. The smallest absolute Gasteiger partial charge is 0.227 e. The minimum atomic E-state index is -0.0431. The van der Waals surface area contributed by atoms with Gasteiger partial charge < -0.3 is 9.80 Å². The van der Waals surface area contributed by atoms with Crippen LogP contribution in [0.15, 0.2) is 79.1 Å². The Kier molecular flexibility index (Phi) is 6.78. The topological polar surface area (TPSA) is 36.4 Å². The van der Waals surface area contributed by atoms with Crippen LogP contribution < -0.4 is 0 Å². The first-order valence-corrected chi connectivity index (χ1v) is 11.1. The van der Waals surface area contributed by atoms with Crippen LogP contribution >= 0.6 is 0 Å². The molecule has 160 valence electrons. The summed E-state index contributed by atoms with van der Waals surface area (Å²) in [5.41, 5.74) is 4.91. The Balaban J connectivity index is 1.54. The summed E-state index contributed by atoms with van der Waals surface area (Å²) in [6, 6.07) is 23.2. The number of carbonyl (C=O) groups excluding carboxylic acids is 1. The van der Waals surface area contributed by atoms with Crippen molar-refractivity contribution in [2.45, 2.75) is 19.3 Å². The zero-order valence-corrected chi connectivity index (χ0v) is 18.4. The summed E-state index contributed by atoms with van der Waals surface area (Å²) in [4.78, 5) is 21.7. The molecule has 31 heavy (non-hydrogen) atoms. The second kappa shape index (κ2) is 9.88. The van der Waals surface area contributed by atoms with E-state index in [1.807, 2.05) is 36.5 Å². The summed E-state index contributed by atoms with van der Waals surface area (Å²) >= 11 is 0. The molecule has 0 aliphatic carbocycles. The Labute approximate surface area is 185 Å². The molecule has 1 aliphatic rings. The lowest BCUT2D eigenvalue weighted by Gasteiger charge is -2.26. The summed E-state index contributed by atoms with van der Waals surface area (Å²) in [6.45, 7) is 5.74. The normalized spacial score (nSPS) is 18.6. The molecule has 0 bridgehead atoms. The predicted molar refractivity (Wildman–Crippen MR) is 126 cm³/mol. The molecule has 2 atom stereocenters. The Hall–Kier alpha value is -2.98. The number of pyridine rings is 1. The average molecular weight is 414 g/mol. The highest BCUT2D eigenvalue weighted by Gasteiger charge is 2.30. The van der Waals surface area contributed by atoms with Gasteiger partial charge in [0.2, 0.25) is 5.91 Å². The number of rotatable bonds is 6. The Morgan fingerprint density at radius 1 is 0.968 bits per heavy atom. The number of hydrogen-bond donors (Lipinski definition) is 0. The highest BCUT2D eigenvalue weighted by Crippen LogP contribution is 2.27. The third-order valence-electron chi connectivity index (χ3n) is 6.33. The molecule has 4 rings (SSSR count). The van der Waals surface area contributed by atoms with Crippen LogP contribution in [0.5, 0.6) is 0 Å². The molecule has 0 spiro atoms. The Bertz CT molecular complexity index is 990. The van der Waals surface area contributed by atoms with Crippen LogP contribution in [0.4, 0.5) is 0 Å². The standard InChI is InChI=1S/C27H31N3O/c1-21(22-8-4-3-5-9-22)19-30-17-16-29(2)27(31)25(20-30)18-24-10-6-7-11-26(24)23-12-14-28-15-13-23/h3-15,21,25H,16-20H2,1-2H3/t21-,25+/m1/s1. The van der Waals surface area contributed by atoms with Crippen molar-refractivity contribution in [3.8, 4) is 11.1 Å². The number of aromatic nitrogens is 1. The van der Waals surface area contributed by atoms with Gasteiger partial charge in [0.1, 0.15) is 0 Å². The van der Waals surface area contributed by atoms with Crippen LogP contribution in [-0.4, -0.2) is 53.9 Å². The Morgan fingerprint density at radius 2 is 1.68 bits per heavy atom. The number of amides is 1. The number of likely N-dealkylation sites (N-methyl/N-ethyl adjacent to an activating group) is 1. The lowest BCUT2D eigenvalue weighted by Crippen LogP contribution is -2.35. The maximum Gasteiger partial charge on any atom is 0.227 e. The van der Waals surface area contributed by atoms with Crippen molar-refractivity contribution in [3.63, 3.8) is 0 Å². The van der Waals surface area contributed by atoms with E-state index in [4.69, 9.17) is 0 Å². The van der Waals surface area contributed by atoms with Gasteiger partial charge in [-0.1, -0.05) is 61.5 Å². The zero-order valence-electron chi connectivity index (χ0n) is 18.4. The molecule has 0 radical (unpaired) electrons. The fourth-order valence-corrected chi connectivity index (χ4v) is 4.56. The molecule has 0 N–H and O–H groups in total. The molecule has 1 amide bonds. The van der Waals surface area contributed by atoms with Gasteiger partial charge in [0, 0.05) is 45.6 Å². The molecule has 4 nitrogen and oxygen atoms in total. The van der Waals surface area contributed by atoms with E-state index in [-0.39, 0.29) is 11.8 Å². The predicted octanol–water partition coefficient (Wildman–Crippen LogP) is 4.49. The first-order chi connectivity index (χ1) is 15.1. The van der Waals surface area contributed by atoms with Crippen molar-refractivity contribution < 1.29 is 4.79 Å². The van der Waals surface area contributed by atoms with Gasteiger partial charge in [-0.05, 0) is 46.7 Å². The van der Waals surface area contributed by atoms with E-state index in [0.29, 0.717) is 5.92 Å². The molecule has 1 aliphatic heterocycles. The summed E-state index contributed by atoms with van der Waals surface area (Å²) in [5, 5.41) is 0. The highest BCUT2D eigenvalue weighted by molar-refractivity contribution is 5.80. The fourth-order valence-electron chi connectivity index (χ4n) is 4.56. The van der Waals surface area contributed by atoms with Crippen molar-refractivity contribution in [2.75, 3.05) is 33.2 Å². The highest BCUT2D eigenvalue weighted by atomic mass is 16.2. The summed E-state index contributed by atoms with van der Waals surface area (Å²) in [5.74, 6) is 0.641. The van der Waals surface area contributed by atoms with E-state index in [9.17, 15) is 4.79 Å². The molecular formula is C27H31N3O. The van der Waals surface area contributed by atoms with Crippen LogP contribution in [0.3, 0.4) is 0 Å². The molecule has 0 unspecified atom stereocenters. The van der Waals surface area contributed by atoms with Crippen LogP contribution in [0.1, 0.15) is 24.0 Å².